The van der Waals surface area contributed by atoms with Gasteiger partial charge in [0, 0.05) is 0 Å². The van der Waals surface area contributed by atoms with E-state index in [1.165, 1.54) is 5.57 Å². The molecule has 0 saturated heterocycles. The lowest BCUT2D eigenvalue weighted by molar-refractivity contribution is 0.318. The zero-order chi connectivity index (χ0) is 10.7. The van der Waals surface area contributed by atoms with Crippen LogP contribution in [0.25, 0.3) is 0 Å². The third-order valence-corrected chi connectivity index (χ3v) is 7.44. The number of allylic oxidation sites excluding steroid dienone is 1. The number of hydrogen-bond acceptors (Lipinski definition) is 1. The minimum absolute atomic E-state index is 0.320. The molecule has 0 aromatic rings. The van der Waals surface area contributed by atoms with Gasteiger partial charge in [-0.25, -0.2) is 0 Å². The molecule has 0 unspecified atom stereocenters. The molecule has 0 rings (SSSR count). The van der Waals surface area contributed by atoms with Crippen molar-refractivity contribution in [2.75, 3.05) is 6.61 Å². The molecule has 2 heteroatoms. The highest BCUT2D eigenvalue weighted by molar-refractivity contribution is 6.74. The third kappa shape index (κ3) is 4.10. The summed E-state index contributed by atoms with van der Waals surface area (Å²) in [5, 5.41) is 0.320. The molecular weight excluding hydrogens is 176 g/mol. The normalized spacial score (nSPS) is 14.8. The van der Waals surface area contributed by atoms with Crippen LogP contribution in [0.15, 0.2) is 11.6 Å². The summed E-state index contributed by atoms with van der Waals surface area (Å²) in [4.78, 5) is 0. The molecule has 0 spiro atoms. The Morgan fingerprint density at radius 1 is 1.31 bits per heavy atom. The lowest BCUT2D eigenvalue weighted by Crippen LogP contribution is -2.41. The van der Waals surface area contributed by atoms with E-state index in [0.717, 1.165) is 6.61 Å². The molecule has 0 N–H and O–H groups in total. The fraction of sp³-hybridized carbons (Fsp3) is 0.818. The van der Waals surface area contributed by atoms with Crippen molar-refractivity contribution in [1.29, 1.82) is 0 Å². The lowest BCUT2D eigenvalue weighted by atomic mass is 10.2. The Kier molecular flexibility index (Phi) is 4.40. The van der Waals surface area contributed by atoms with Crippen molar-refractivity contribution >= 4 is 8.32 Å². The summed E-state index contributed by atoms with van der Waals surface area (Å²) in [6, 6.07) is 0. The lowest BCUT2D eigenvalue weighted by Gasteiger charge is -2.36. The Morgan fingerprint density at radius 2 is 1.77 bits per heavy atom. The summed E-state index contributed by atoms with van der Waals surface area (Å²) in [6.45, 7) is 16.4. The molecule has 0 aliphatic carbocycles. The van der Waals surface area contributed by atoms with Gasteiger partial charge in [0.2, 0.25) is 0 Å². The molecule has 78 valence electrons. The Bertz CT molecular complexity index is 187. The predicted molar refractivity (Wildman–Crippen MR) is 62.6 cm³/mol. The van der Waals surface area contributed by atoms with E-state index < -0.39 is 8.32 Å². The average Bonchev–Trinajstić information content (AvgIpc) is 1.98. The monoisotopic (exact) mass is 200 g/mol. The molecule has 13 heavy (non-hydrogen) atoms. The van der Waals surface area contributed by atoms with Gasteiger partial charge in [0.1, 0.15) is 0 Å². The first-order chi connectivity index (χ1) is 5.70. The van der Waals surface area contributed by atoms with E-state index in [2.05, 4.69) is 53.8 Å². The van der Waals surface area contributed by atoms with Crippen molar-refractivity contribution in [2.45, 2.75) is 52.8 Å². The Balaban J connectivity index is 4.20. The van der Waals surface area contributed by atoms with Gasteiger partial charge in [-0.3, -0.25) is 0 Å². The first-order valence-electron chi connectivity index (χ1n) is 4.96. The van der Waals surface area contributed by atoms with E-state index in [4.69, 9.17) is 4.43 Å². The van der Waals surface area contributed by atoms with Crippen molar-refractivity contribution in [3.8, 4) is 0 Å². The molecule has 0 radical (unpaired) electrons. The summed E-state index contributed by atoms with van der Waals surface area (Å²) in [7, 11) is -1.52. The van der Waals surface area contributed by atoms with Gasteiger partial charge in [-0.1, -0.05) is 32.4 Å². The standard InChI is InChI=1S/C11H24OSi/c1-8-10(2)9-12-13(6,7)11(3,4)5/h8H,9H2,1-7H3/b10-8-. The smallest absolute Gasteiger partial charge is 0.192 e. The van der Waals surface area contributed by atoms with Crippen LogP contribution in [0.4, 0.5) is 0 Å². The molecule has 1 nitrogen and oxygen atoms in total. The second-order valence-corrected chi connectivity index (χ2v) is 9.99. The molecule has 0 saturated carbocycles. The van der Waals surface area contributed by atoms with Crippen molar-refractivity contribution in [2.24, 2.45) is 0 Å². The third-order valence-electron chi connectivity index (χ3n) is 2.96. The molecule has 0 fully saturated rings. The van der Waals surface area contributed by atoms with Crippen LogP contribution in [-0.4, -0.2) is 14.9 Å². The van der Waals surface area contributed by atoms with Crippen LogP contribution in [0.1, 0.15) is 34.6 Å². The average molecular weight is 200 g/mol. The predicted octanol–water partition coefficient (Wildman–Crippen LogP) is 3.97. The molecule has 0 aliphatic rings. The van der Waals surface area contributed by atoms with Gasteiger partial charge in [0.05, 0.1) is 6.61 Å². The maximum atomic E-state index is 6.02. The van der Waals surface area contributed by atoms with Crippen molar-refractivity contribution < 1.29 is 4.43 Å². The fourth-order valence-electron chi connectivity index (χ4n) is 0.594. The van der Waals surface area contributed by atoms with Crippen LogP contribution in [0.5, 0.6) is 0 Å². The Morgan fingerprint density at radius 3 is 2.08 bits per heavy atom. The molecule has 0 aliphatic heterocycles. The van der Waals surface area contributed by atoms with E-state index in [1.54, 1.807) is 0 Å². The van der Waals surface area contributed by atoms with E-state index in [-0.39, 0.29) is 0 Å². The van der Waals surface area contributed by atoms with Crippen molar-refractivity contribution in [3.05, 3.63) is 11.6 Å². The van der Waals surface area contributed by atoms with Crippen LogP contribution >= 0.6 is 0 Å². The van der Waals surface area contributed by atoms with E-state index in [0.29, 0.717) is 5.04 Å². The highest BCUT2D eigenvalue weighted by Crippen LogP contribution is 2.36. The van der Waals surface area contributed by atoms with Crippen molar-refractivity contribution in [3.63, 3.8) is 0 Å². The minimum Gasteiger partial charge on any atom is -0.413 e. The zero-order valence-electron chi connectivity index (χ0n) is 10.2. The second kappa shape index (κ2) is 4.42. The summed E-state index contributed by atoms with van der Waals surface area (Å²) in [5.41, 5.74) is 1.32. The van der Waals surface area contributed by atoms with Crippen LogP contribution in [-0.2, 0) is 4.43 Å². The summed E-state index contributed by atoms with van der Waals surface area (Å²) >= 11 is 0. The van der Waals surface area contributed by atoms with Crippen LogP contribution in [0.3, 0.4) is 0 Å². The summed E-state index contributed by atoms with van der Waals surface area (Å²) < 4.78 is 6.02. The number of rotatable bonds is 3. The molecule has 0 atom stereocenters. The van der Waals surface area contributed by atoms with Gasteiger partial charge in [-0.15, -0.1) is 0 Å². The zero-order valence-corrected chi connectivity index (χ0v) is 11.2. The summed E-state index contributed by atoms with van der Waals surface area (Å²) in [6.07, 6.45) is 2.12. The second-order valence-electron chi connectivity index (χ2n) is 5.18. The first kappa shape index (κ1) is 12.9. The van der Waals surface area contributed by atoms with Gasteiger partial charge < -0.3 is 4.43 Å². The minimum atomic E-state index is -1.52. The maximum Gasteiger partial charge on any atom is 0.192 e. The Hall–Kier alpha value is -0.0831. The van der Waals surface area contributed by atoms with Gasteiger partial charge in [0.15, 0.2) is 8.32 Å². The molecule has 0 bridgehead atoms. The van der Waals surface area contributed by atoms with Gasteiger partial charge >= 0.3 is 0 Å². The molecule has 0 amide bonds. The van der Waals surface area contributed by atoms with E-state index in [9.17, 15) is 0 Å². The van der Waals surface area contributed by atoms with Gasteiger partial charge in [0.25, 0.3) is 0 Å². The van der Waals surface area contributed by atoms with Gasteiger partial charge in [-0.2, -0.15) is 0 Å². The van der Waals surface area contributed by atoms with E-state index in [1.807, 2.05) is 0 Å². The SMILES string of the molecule is C/C=C(/C)CO[Si](C)(C)C(C)(C)C. The van der Waals surface area contributed by atoms with Crippen molar-refractivity contribution in [1.82, 2.24) is 0 Å². The van der Waals surface area contributed by atoms with Crippen LogP contribution in [0, 0.1) is 0 Å². The van der Waals surface area contributed by atoms with E-state index >= 15 is 0 Å². The highest BCUT2D eigenvalue weighted by Gasteiger charge is 2.36. The highest BCUT2D eigenvalue weighted by atomic mass is 28.4. The van der Waals surface area contributed by atoms with Crippen LogP contribution in [0.2, 0.25) is 18.1 Å². The Labute approximate surface area is 84.3 Å². The quantitative estimate of drug-likeness (QED) is 0.495. The molecule has 0 aromatic heterocycles. The van der Waals surface area contributed by atoms with Crippen LogP contribution < -0.4 is 0 Å². The van der Waals surface area contributed by atoms with Gasteiger partial charge in [-0.05, 0) is 32.0 Å². The fourth-order valence-corrected chi connectivity index (χ4v) is 1.62. The largest absolute Gasteiger partial charge is 0.413 e. The molecule has 0 aromatic carbocycles. The molecular formula is C11H24OSi. The first-order valence-corrected chi connectivity index (χ1v) is 7.87. The molecule has 0 heterocycles. The summed E-state index contributed by atoms with van der Waals surface area (Å²) in [5.74, 6) is 0. The number of hydrogen-bond donors (Lipinski definition) is 0. The topological polar surface area (TPSA) is 9.23 Å². The maximum absolute atomic E-state index is 6.02.